The van der Waals surface area contributed by atoms with E-state index < -0.39 is 26.9 Å². The molecule has 0 aromatic carbocycles. The van der Waals surface area contributed by atoms with E-state index in [9.17, 15) is 23.3 Å². The number of thiophene rings is 1. The Bertz CT molecular complexity index is 912. The largest absolute Gasteiger partial charge is 0.370 e. The second kappa shape index (κ2) is 8.85. The number of primary amides is 1. The summed E-state index contributed by atoms with van der Waals surface area (Å²) in [6, 6.07) is 4.55. The molecular formula is C14H18N6O5S2. The molecule has 1 unspecified atom stereocenters. The molecule has 6 N–H and O–H groups in total. The summed E-state index contributed by atoms with van der Waals surface area (Å²) in [6.07, 6.45) is 1.14. The first-order valence-corrected chi connectivity index (χ1v) is 9.97. The summed E-state index contributed by atoms with van der Waals surface area (Å²) >= 11 is 1.01. The molecule has 2 rings (SSSR count). The molecule has 1 amide bonds. The minimum Gasteiger partial charge on any atom is -0.370 e. The zero-order valence-electron chi connectivity index (χ0n) is 14.0. The van der Waals surface area contributed by atoms with Gasteiger partial charge in [0.2, 0.25) is 5.91 Å². The molecule has 146 valence electrons. The summed E-state index contributed by atoms with van der Waals surface area (Å²) in [5, 5.41) is 13.4. The molecule has 0 bridgehead atoms. The minimum atomic E-state index is -3.91. The molecule has 0 spiro atoms. The first-order valence-electron chi connectivity index (χ1n) is 7.67. The van der Waals surface area contributed by atoms with Gasteiger partial charge in [0.15, 0.2) is 0 Å². The van der Waals surface area contributed by atoms with Crippen LogP contribution in [0.1, 0.15) is 11.3 Å². The van der Waals surface area contributed by atoms with Crippen LogP contribution in [0, 0.1) is 10.1 Å². The molecule has 13 heteroatoms. The second-order valence-electron chi connectivity index (χ2n) is 5.38. The SMILES string of the molecule is NCc1ccc(S(=O)(=O)NC(CCNc2ccc([N+](=O)[O-])cn2)C(N)=O)s1. The fourth-order valence-electron chi connectivity index (χ4n) is 2.06. The smallest absolute Gasteiger partial charge is 0.287 e. The van der Waals surface area contributed by atoms with E-state index in [-0.39, 0.29) is 29.4 Å². The van der Waals surface area contributed by atoms with E-state index in [4.69, 9.17) is 11.5 Å². The molecule has 2 aromatic rings. The lowest BCUT2D eigenvalue weighted by Gasteiger charge is -2.15. The number of nitrogens with one attached hydrogen (secondary N) is 2. The molecule has 11 nitrogen and oxygen atoms in total. The molecule has 0 radical (unpaired) electrons. The fourth-order valence-corrected chi connectivity index (χ4v) is 4.55. The average molecular weight is 414 g/mol. The standard InChI is InChI=1S/C14H18N6O5S2/c15-7-10-2-4-13(26-10)27(24,25)19-11(14(16)21)5-6-17-12-3-1-9(8-18-12)20(22)23/h1-4,8,11,19H,5-7,15H2,(H2,16,21)(H,17,18). The molecule has 0 aliphatic rings. The molecule has 2 heterocycles. The van der Waals surface area contributed by atoms with Gasteiger partial charge < -0.3 is 16.8 Å². The maximum atomic E-state index is 12.4. The zero-order chi connectivity index (χ0) is 20.0. The third kappa shape index (κ3) is 5.68. The zero-order valence-corrected chi connectivity index (χ0v) is 15.6. The molecule has 0 saturated carbocycles. The Morgan fingerprint density at radius 1 is 1.33 bits per heavy atom. The van der Waals surface area contributed by atoms with Crippen LogP contribution in [0.4, 0.5) is 11.5 Å². The number of nitro groups is 1. The summed E-state index contributed by atoms with van der Waals surface area (Å²) in [7, 11) is -3.91. The Labute approximate surface area is 159 Å². The number of carbonyl (C=O) groups is 1. The van der Waals surface area contributed by atoms with Gasteiger partial charge in [0.1, 0.15) is 22.3 Å². The number of nitrogens with zero attached hydrogens (tertiary/aromatic N) is 2. The third-order valence-electron chi connectivity index (χ3n) is 3.44. The predicted octanol–water partition coefficient (Wildman–Crippen LogP) is 0.144. The van der Waals surface area contributed by atoms with Crippen molar-refractivity contribution in [3.63, 3.8) is 0 Å². The predicted molar refractivity (Wildman–Crippen MR) is 99.5 cm³/mol. The lowest BCUT2D eigenvalue weighted by Crippen LogP contribution is -2.45. The number of carbonyl (C=O) groups excluding carboxylic acids is 1. The highest BCUT2D eigenvalue weighted by Gasteiger charge is 2.25. The molecule has 0 aliphatic heterocycles. The third-order valence-corrected chi connectivity index (χ3v) is 6.51. The van der Waals surface area contributed by atoms with Crippen molar-refractivity contribution in [2.45, 2.75) is 23.2 Å². The Morgan fingerprint density at radius 3 is 2.59 bits per heavy atom. The van der Waals surface area contributed by atoms with Crippen molar-refractivity contribution in [1.29, 1.82) is 0 Å². The van der Waals surface area contributed by atoms with Crippen molar-refractivity contribution >= 4 is 38.8 Å². The van der Waals surface area contributed by atoms with E-state index in [2.05, 4.69) is 15.0 Å². The molecule has 0 fully saturated rings. The van der Waals surface area contributed by atoms with Crippen LogP contribution < -0.4 is 21.5 Å². The van der Waals surface area contributed by atoms with Crippen molar-refractivity contribution in [3.05, 3.63) is 45.5 Å². The van der Waals surface area contributed by atoms with E-state index in [1.165, 1.54) is 18.2 Å². The number of rotatable bonds is 10. The lowest BCUT2D eigenvalue weighted by atomic mass is 10.2. The Morgan fingerprint density at radius 2 is 2.07 bits per heavy atom. The summed E-state index contributed by atoms with van der Waals surface area (Å²) in [5.41, 5.74) is 10.6. The van der Waals surface area contributed by atoms with E-state index >= 15 is 0 Å². The van der Waals surface area contributed by atoms with Gasteiger partial charge in [-0.15, -0.1) is 11.3 Å². The number of pyridine rings is 1. The van der Waals surface area contributed by atoms with Gasteiger partial charge in [0.05, 0.1) is 4.92 Å². The number of anilines is 1. The molecule has 1 atom stereocenters. The van der Waals surface area contributed by atoms with Crippen LogP contribution in [0.2, 0.25) is 0 Å². The first-order chi connectivity index (χ1) is 12.7. The first kappa shape index (κ1) is 20.7. The quantitative estimate of drug-likeness (QED) is 0.312. The Hall–Kier alpha value is -2.61. The number of nitrogens with two attached hydrogens (primary N) is 2. The van der Waals surface area contributed by atoms with Crippen LogP contribution in [0.25, 0.3) is 0 Å². The molecule has 0 aliphatic carbocycles. The number of sulfonamides is 1. The molecule has 0 saturated heterocycles. The van der Waals surface area contributed by atoms with Crippen molar-refractivity contribution in [2.75, 3.05) is 11.9 Å². The van der Waals surface area contributed by atoms with Gasteiger partial charge in [-0.3, -0.25) is 14.9 Å². The van der Waals surface area contributed by atoms with Gasteiger partial charge in [-0.05, 0) is 24.6 Å². The average Bonchev–Trinajstić information content (AvgIpc) is 3.11. The molecular weight excluding hydrogens is 396 g/mol. The van der Waals surface area contributed by atoms with Crippen molar-refractivity contribution in [3.8, 4) is 0 Å². The molecule has 2 aromatic heterocycles. The van der Waals surface area contributed by atoms with Gasteiger partial charge in [-0.2, -0.15) is 4.72 Å². The van der Waals surface area contributed by atoms with Crippen molar-refractivity contribution in [2.24, 2.45) is 11.5 Å². The van der Waals surface area contributed by atoms with Crippen LogP contribution in [0.5, 0.6) is 0 Å². The number of amides is 1. The fraction of sp³-hybridized carbons (Fsp3) is 0.286. The summed E-state index contributed by atoms with van der Waals surface area (Å²) < 4.78 is 27.0. The van der Waals surface area contributed by atoms with E-state index in [0.29, 0.717) is 10.7 Å². The van der Waals surface area contributed by atoms with Crippen LogP contribution in [-0.2, 0) is 21.4 Å². The number of hydrogen-bond acceptors (Lipinski definition) is 9. The van der Waals surface area contributed by atoms with Crippen LogP contribution in [0.3, 0.4) is 0 Å². The summed E-state index contributed by atoms with van der Waals surface area (Å²) in [6.45, 7) is 0.380. The van der Waals surface area contributed by atoms with Gasteiger partial charge >= 0.3 is 0 Å². The van der Waals surface area contributed by atoms with Gasteiger partial charge in [-0.25, -0.2) is 13.4 Å². The topological polar surface area (TPSA) is 183 Å². The van der Waals surface area contributed by atoms with Gasteiger partial charge in [0.25, 0.3) is 15.7 Å². The van der Waals surface area contributed by atoms with E-state index in [1.54, 1.807) is 6.07 Å². The van der Waals surface area contributed by atoms with Gasteiger partial charge in [0, 0.05) is 24.0 Å². The maximum absolute atomic E-state index is 12.4. The summed E-state index contributed by atoms with van der Waals surface area (Å²) in [4.78, 5) is 26.2. The van der Waals surface area contributed by atoms with Crippen LogP contribution >= 0.6 is 11.3 Å². The highest BCUT2D eigenvalue weighted by atomic mass is 32.2. The van der Waals surface area contributed by atoms with E-state index in [1.807, 2.05) is 0 Å². The van der Waals surface area contributed by atoms with E-state index in [0.717, 1.165) is 17.5 Å². The number of aromatic nitrogens is 1. The second-order valence-corrected chi connectivity index (χ2v) is 8.48. The van der Waals surface area contributed by atoms with Crippen LogP contribution in [-0.4, -0.2) is 36.8 Å². The minimum absolute atomic E-state index is 0.0409. The van der Waals surface area contributed by atoms with Crippen molar-refractivity contribution < 1.29 is 18.1 Å². The maximum Gasteiger partial charge on any atom is 0.287 e. The lowest BCUT2D eigenvalue weighted by molar-refractivity contribution is -0.385. The Balaban J connectivity index is 1.97. The normalized spacial score (nSPS) is 12.5. The number of hydrogen-bond donors (Lipinski definition) is 4. The summed E-state index contributed by atoms with van der Waals surface area (Å²) in [5.74, 6) is -0.481. The molecule has 27 heavy (non-hydrogen) atoms. The van der Waals surface area contributed by atoms with Crippen LogP contribution in [0.15, 0.2) is 34.7 Å². The monoisotopic (exact) mass is 414 g/mol. The van der Waals surface area contributed by atoms with Crippen molar-refractivity contribution in [1.82, 2.24) is 9.71 Å². The highest BCUT2D eigenvalue weighted by Crippen LogP contribution is 2.21. The highest BCUT2D eigenvalue weighted by molar-refractivity contribution is 7.91. The van der Waals surface area contributed by atoms with Gasteiger partial charge in [-0.1, -0.05) is 0 Å². The Kier molecular flexibility index (Phi) is 6.79.